The van der Waals surface area contributed by atoms with Crippen molar-refractivity contribution < 1.29 is 4.39 Å². The fraction of sp³-hybridized carbons (Fsp3) is 0.625. The Kier molecular flexibility index (Phi) is 6.32. The zero-order chi connectivity index (χ0) is 22.9. The molecule has 3 fully saturated rings. The van der Waals surface area contributed by atoms with Gasteiger partial charge in [-0.3, -0.25) is 15.3 Å². The smallest absolute Gasteiger partial charge is 0.191 e. The molecule has 0 spiro atoms. The molecule has 3 unspecified atom stereocenters. The molecule has 4 N–H and O–H groups in total. The number of hydrazine groups is 1. The highest BCUT2D eigenvalue weighted by atomic mass is 19.1. The van der Waals surface area contributed by atoms with Crippen LogP contribution in [0.15, 0.2) is 12.3 Å². The minimum Gasteiger partial charge on any atom is -0.367 e. The van der Waals surface area contributed by atoms with Crippen molar-refractivity contribution >= 4 is 22.5 Å². The molecular formula is C24H33FN8. The number of halogens is 1. The van der Waals surface area contributed by atoms with Crippen LogP contribution in [0.3, 0.4) is 0 Å². The topological polar surface area (TPSA) is 101 Å². The maximum absolute atomic E-state index is 15.4. The number of fused-ring (bicyclic) bond motifs is 3. The van der Waals surface area contributed by atoms with E-state index in [0.717, 1.165) is 36.8 Å². The maximum Gasteiger partial charge on any atom is 0.191 e. The summed E-state index contributed by atoms with van der Waals surface area (Å²) in [6.45, 7) is 4.90. The molecule has 3 aliphatic rings. The number of nitriles is 1. The third-order valence-electron chi connectivity index (χ3n) is 7.27. The van der Waals surface area contributed by atoms with Gasteiger partial charge in [0.15, 0.2) is 11.6 Å². The van der Waals surface area contributed by atoms with E-state index in [9.17, 15) is 0 Å². The molecule has 5 atom stereocenters. The van der Waals surface area contributed by atoms with Crippen molar-refractivity contribution in [3.8, 4) is 6.07 Å². The summed E-state index contributed by atoms with van der Waals surface area (Å²) < 4.78 is 15.4. The summed E-state index contributed by atoms with van der Waals surface area (Å²) in [5.74, 6) is 0.499. The van der Waals surface area contributed by atoms with Crippen LogP contribution >= 0.6 is 0 Å². The van der Waals surface area contributed by atoms with Gasteiger partial charge in [0.05, 0.1) is 12.2 Å². The van der Waals surface area contributed by atoms with E-state index in [2.05, 4.69) is 44.4 Å². The van der Waals surface area contributed by atoms with Gasteiger partial charge in [-0.15, -0.1) is 0 Å². The first-order valence-electron chi connectivity index (χ1n) is 12.1. The fourth-order valence-electron chi connectivity index (χ4n) is 5.77. The molecule has 0 aromatic carbocycles. The first kappa shape index (κ1) is 22.3. The second-order valence-electron chi connectivity index (χ2n) is 9.85. The van der Waals surface area contributed by atoms with Crippen molar-refractivity contribution in [2.75, 3.05) is 17.2 Å². The lowest BCUT2D eigenvalue weighted by molar-refractivity contribution is 0.0370. The second-order valence-corrected chi connectivity index (χ2v) is 9.85. The van der Waals surface area contributed by atoms with Gasteiger partial charge in [-0.25, -0.2) is 14.8 Å². The fourth-order valence-corrected chi connectivity index (χ4v) is 5.77. The number of pyridine rings is 2. The third-order valence-corrected chi connectivity index (χ3v) is 7.27. The normalized spacial score (nSPS) is 29.7. The van der Waals surface area contributed by atoms with Gasteiger partial charge >= 0.3 is 0 Å². The zero-order valence-corrected chi connectivity index (χ0v) is 19.4. The number of anilines is 2. The van der Waals surface area contributed by atoms with E-state index in [-0.39, 0.29) is 18.0 Å². The van der Waals surface area contributed by atoms with E-state index in [0.29, 0.717) is 35.9 Å². The van der Waals surface area contributed by atoms with Crippen LogP contribution in [-0.4, -0.2) is 51.7 Å². The first-order chi connectivity index (χ1) is 16.0. The Labute approximate surface area is 194 Å². The van der Waals surface area contributed by atoms with Gasteiger partial charge < -0.3 is 10.6 Å². The van der Waals surface area contributed by atoms with E-state index < -0.39 is 5.82 Å². The molecule has 8 nitrogen and oxygen atoms in total. The summed E-state index contributed by atoms with van der Waals surface area (Å²) in [5, 5.41) is 16.7. The van der Waals surface area contributed by atoms with Crippen LogP contribution in [-0.2, 0) is 0 Å². The summed E-state index contributed by atoms with van der Waals surface area (Å²) in [6, 6.07) is 5.80. The Morgan fingerprint density at radius 2 is 1.97 bits per heavy atom. The minimum atomic E-state index is -0.417. The number of nitrogens with zero attached hydrogens (tertiary/aromatic N) is 4. The molecular weight excluding hydrogens is 419 g/mol. The Hall–Kier alpha value is -2.54. The van der Waals surface area contributed by atoms with Crippen molar-refractivity contribution in [3.05, 3.63) is 23.6 Å². The molecule has 9 heteroatoms. The Morgan fingerprint density at radius 1 is 1.18 bits per heavy atom. The Bertz CT molecular complexity index is 1040. The van der Waals surface area contributed by atoms with Crippen molar-refractivity contribution in [1.29, 1.82) is 5.26 Å². The standard InChI is InChI=1S/C24H33FN8/c1-14-9-19-22(27-13-14)21(25)24(29-20-10-15(2)31-32-20)30-23(19)28-16-11-17-5-3-6-18(12-16)33(17)8-4-7-26/h9,13,15-18,20,31-32H,3-6,8,10-12H2,1-2H3,(H2,28,29,30)/t15?,16?,17-,18+,20?. The molecule has 0 saturated carbocycles. The first-order valence-corrected chi connectivity index (χ1v) is 12.1. The lowest BCUT2D eigenvalue weighted by atomic mass is 9.81. The summed E-state index contributed by atoms with van der Waals surface area (Å²) in [6.07, 6.45) is 8.63. The van der Waals surface area contributed by atoms with Gasteiger partial charge in [0.1, 0.15) is 11.3 Å². The monoisotopic (exact) mass is 452 g/mol. The van der Waals surface area contributed by atoms with E-state index in [1.165, 1.54) is 19.3 Å². The lowest BCUT2D eigenvalue weighted by Crippen LogP contribution is -2.55. The highest BCUT2D eigenvalue weighted by molar-refractivity contribution is 5.92. The van der Waals surface area contributed by atoms with E-state index in [1.54, 1.807) is 6.20 Å². The molecule has 0 amide bonds. The number of piperidine rings is 2. The Balaban J connectivity index is 1.42. The van der Waals surface area contributed by atoms with Gasteiger partial charge in [-0.05, 0) is 57.6 Å². The van der Waals surface area contributed by atoms with Gasteiger partial charge in [0.2, 0.25) is 0 Å². The summed E-state index contributed by atoms with van der Waals surface area (Å²) in [7, 11) is 0. The van der Waals surface area contributed by atoms with Crippen LogP contribution in [0.2, 0.25) is 0 Å². The van der Waals surface area contributed by atoms with E-state index in [4.69, 9.17) is 10.2 Å². The molecule has 5 heterocycles. The lowest BCUT2D eigenvalue weighted by Gasteiger charge is -2.49. The summed E-state index contributed by atoms with van der Waals surface area (Å²) in [5.41, 5.74) is 7.63. The van der Waals surface area contributed by atoms with Crippen molar-refractivity contribution in [2.45, 2.75) is 89.1 Å². The van der Waals surface area contributed by atoms with E-state index in [1.807, 2.05) is 13.0 Å². The molecule has 2 aromatic heterocycles. The highest BCUT2D eigenvalue weighted by Crippen LogP contribution is 2.36. The minimum absolute atomic E-state index is 0.0968. The van der Waals surface area contributed by atoms with Crippen LogP contribution in [0.4, 0.5) is 16.0 Å². The number of aryl methyl sites for hydroxylation is 1. The highest BCUT2D eigenvalue weighted by Gasteiger charge is 2.38. The van der Waals surface area contributed by atoms with Crippen LogP contribution in [0, 0.1) is 24.1 Å². The van der Waals surface area contributed by atoms with Crippen LogP contribution < -0.4 is 21.5 Å². The molecule has 2 bridgehead atoms. The van der Waals surface area contributed by atoms with Gasteiger partial charge in [0.25, 0.3) is 0 Å². The molecule has 0 aliphatic carbocycles. The summed E-state index contributed by atoms with van der Waals surface area (Å²) in [4.78, 5) is 11.7. The Morgan fingerprint density at radius 3 is 2.67 bits per heavy atom. The molecule has 3 saturated heterocycles. The number of hydrogen-bond acceptors (Lipinski definition) is 8. The van der Waals surface area contributed by atoms with Gasteiger partial charge in [-0.1, -0.05) is 6.42 Å². The van der Waals surface area contributed by atoms with Crippen LogP contribution in [0.1, 0.15) is 57.4 Å². The number of nitrogens with one attached hydrogen (secondary N) is 4. The predicted octanol–water partition coefficient (Wildman–Crippen LogP) is 3.41. The molecule has 0 radical (unpaired) electrons. The second kappa shape index (κ2) is 9.37. The molecule has 33 heavy (non-hydrogen) atoms. The largest absolute Gasteiger partial charge is 0.367 e. The number of hydrogen-bond donors (Lipinski definition) is 4. The van der Waals surface area contributed by atoms with Crippen molar-refractivity contribution in [1.82, 2.24) is 25.7 Å². The molecule has 3 aliphatic heterocycles. The molecule has 176 valence electrons. The number of aromatic nitrogens is 2. The summed E-state index contributed by atoms with van der Waals surface area (Å²) >= 11 is 0. The average Bonchev–Trinajstić information content (AvgIpc) is 3.20. The van der Waals surface area contributed by atoms with Gasteiger partial charge in [-0.2, -0.15) is 5.26 Å². The van der Waals surface area contributed by atoms with Gasteiger partial charge in [0, 0.05) is 48.7 Å². The zero-order valence-electron chi connectivity index (χ0n) is 19.4. The van der Waals surface area contributed by atoms with Crippen LogP contribution in [0.5, 0.6) is 0 Å². The van der Waals surface area contributed by atoms with Crippen molar-refractivity contribution in [3.63, 3.8) is 0 Å². The molecule has 5 rings (SSSR count). The third kappa shape index (κ3) is 4.60. The predicted molar refractivity (Wildman–Crippen MR) is 127 cm³/mol. The number of rotatable bonds is 6. The average molecular weight is 453 g/mol. The quantitative estimate of drug-likeness (QED) is 0.529. The maximum atomic E-state index is 15.4. The van der Waals surface area contributed by atoms with Crippen LogP contribution in [0.25, 0.3) is 10.9 Å². The van der Waals surface area contributed by atoms with E-state index >= 15 is 4.39 Å². The SMILES string of the molecule is Cc1cnc2c(F)c(NC3CC(C)NN3)nc(NC3C[C@H]4CCC[C@@H](C3)N4CCC#N)c2c1. The molecule has 2 aromatic rings. The van der Waals surface area contributed by atoms with Crippen molar-refractivity contribution in [2.24, 2.45) is 0 Å².